The predicted molar refractivity (Wildman–Crippen MR) is 90.8 cm³/mol. The topological polar surface area (TPSA) is 29.0 Å². The molecule has 3 heteroatoms. The largest absolute Gasteiger partial charge is 0.297 e. The highest BCUT2D eigenvalue weighted by Crippen LogP contribution is 2.27. The minimum absolute atomic E-state index is 0.509. The van der Waals surface area contributed by atoms with E-state index in [-0.39, 0.29) is 0 Å². The third-order valence-corrected chi connectivity index (χ3v) is 4.72. The maximum absolute atomic E-state index is 4.64. The van der Waals surface area contributed by atoms with Gasteiger partial charge in [-0.2, -0.15) is 0 Å². The van der Waals surface area contributed by atoms with Gasteiger partial charge in [0.2, 0.25) is 0 Å². The van der Waals surface area contributed by atoms with Crippen LogP contribution in [0.2, 0.25) is 0 Å². The van der Waals surface area contributed by atoms with E-state index in [0.29, 0.717) is 6.04 Å². The molecular formula is C19H25N3. The van der Waals surface area contributed by atoms with Gasteiger partial charge >= 0.3 is 0 Å². The monoisotopic (exact) mass is 295 g/mol. The van der Waals surface area contributed by atoms with E-state index in [0.717, 1.165) is 17.9 Å². The molecule has 0 saturated carbocycles. The van der Waals surface area contributed by atoms with Gasteiger partial charge in [0.05, 0.1) is 5.69 Å². The van der Waals surface area contributed by atoms with Crippen LogP contribution in [-0.2, 0) is 6.42 Å². The van der Waals surface area contributed by atoms with Crippen LogP contribution in [0.3, 0.4) is 0 Å². The molecule has 0 amide bonds. The number of rotatable bonds is 4. The summed E-state index contributed by atoms with van der Waals surface area (Å²) in [5.41, 5.74) is 4.88. The van der Waals surface area contributed by atoms with E-state index in [1.807, 2.05) is 13.1 Å². The lowest BCUT2D eigenvalue weighted by molar-refractivity contribution is 0.263. The average molecular weight is 295 g/mol. The zero-order chi connectivity index (χ0) is 15.5. The number of aryl methyl sites for hydroxylation is 2. The van der Waals surface area contributed by atoms with Crippen LogP contribution in [0, 0.1) is 6.92 Å². The highest BCUT2D eigenvalue weighted by atomic mass is 15.2. The number of hydrogen-bond acceptors (Lipinski definition) is 3. The van der Waals surface area contributed by atoms with Crippen molar-refractivity contribution >= 4 is 0 Å². The maximum atomic E-state index is 4.64. The summed E-state index contributed by atoms with van der Waals surface area (Å²) >= 11 is 0. The predicted octanol–water partition coefficient (Wildman–Crippen LogP) is 4.17. The average Bonchev–Trinajstić information content (AvgIpc) is 3.09. The molecule has 1 aromatic carbocycles. The van der Waals surface area contributed by atoms with Crippen LogP contribution >= 0.6 is 0 Å². The van der Waals surface area contributed by atoms with Gasteiger partial charge in [-0.3, -0.25) is 4.90 Å². The summed E-state index contributed by atoms with van der Waals surface area (Å²) in [5.74, 6) is 0.835. The van der Waals surface area contributed by atoms with Crippen molar-refractivity contribution in [3.63, 3.8) is 0 Å². The zero-order valence-corrected chi connectivity index (χ0v) is 13.8. The number of likely N-dealkylation sites (tertiary alicyclic amines) is 1. The van der Waals surface area contributed by atoms with E-state index in [2.05, 4.69) is 53.0 Å². The first-order chi connectivity index (χ1) is 10.7. The van der Waals surface area contributed by atoms with Gasteiger partial charge in [-0.15, -0.1) is 0 Å². The zero-order valence-electron chi connectivity index (χ0n) is 13.8. The van der Waals surface area contributed by atoms with Crippen LogP contribution in [0.5, 0.6) is 0 Å². The molecule has 0 N–H and O–H groups in total. The Hall–Kier alpha value is -1.74. The summed E-state index contributed by atoms with van der Waals surface area (Å²) in [7, 11) is 0. The van der Waals surface area contributed by atoms with Gasteiger partial charge in [0.15, 0.2) is 0 Å². The van der Waals surface area contributed by atoms with Gasteiger partial charge in [-0.05, 0) is 57.3 Å². The Morgan fingerprint density at radius 2 is 1.82 bits per heavy atom. The fourth-order valence-corrected chi connectivity index (χ4v) is 3.26. The third kappa shape index (κ3) is 3.05. The van der Waals surface area contributed by atoms with Gasteiger partial charge in [-0.25, -0.2) is 9.97 Å². The van der Waals surface area contributed by atoms with Gasteiger partial charge in [-0.1, -0.05) is 31.2 Å². The maximum Gasteiger partial charge on any atom is 0.125 e. The Labute approximate surface area is 133 Å². The van der Waals surface area contributed by atoms with E-state index in [1.54, 1.807) is 0 Å². The molecule has 0 spiro atoms. The minimum atomic E-state index is 0.509. The van der Waals surface area contributed by atoms with Gasteiger partial charge in [0, 0.05) is 17.8 Å². The Kier molecular flexibility index (Phi) is 4.53. The fraction of sp³-hybridized carbons (Fsp3) is 0.474. The first-order valence-corrected chi connectivity index (χ1v) is 8.36. The van der Waals surface area contributed by atoms with Crippen molar-refractivity contribution in [2.45, 2.75) is 46.1 Å². The highest BCUT2D eigenvalue weighted by molar-refractivity contribution is 5.63. The van der Waals surface area contributed by atoms with Crippen molar-refractivity contribution in [3.8, 4) is 11.3 Å². The summed E-state index contributed by atoms with van der Waals surface area (Å²) in [6, 6.07) is 9.45. The summed E-state index contributed by atoms with van der Waals surface area (Å²) in [6.45, 7) is 8.88. The van der Waals surface area contributed by atoms with Crippen LogP contribution in [0.4, 0.5) is 0 Å². The number of benzene rings is 1. The van der Waals surface area contributed by atoms with Crippen LogP contribution in [0.1, 0.15) is 49.7 Å². The molecule has 1 fully saturated rings. The molecule has 0 unspecified atom stereocenters. The van der Waals surface area contributed by atoms with Crippen molar-refractivity contribution in [1.82, 2.24) is 14.9 Å². The minimum Gasteiger partial charge on any atom is -0.297 e. The molecule has 1 atom stereocenters. The van der Waals surface area contributed by atoms with Gasteiger partial charge < -0.3 is 0 Å². The molecule has 0 bridgehead atoms. The second-order valence-electron chi connectivity index (χ2n) is 6.19. The van der Waals surface area contributed by atoms with Crippen molar-refractivity contribution in [2.24, 2.45) is 0 Å². The molecule has 1 aromatic heterocycles. The summed E-state index contributed by atoms with van der Waals surface area (Å²) in [6.07, 6.45) is 5.59. The number of hydrogen-bond donors (Lipinski definition) is 0. The van der Waals surface area contributed by atoms with E-state index >= 15 is 0 Å². The van der Waals surface area contributed by atoms with Crippen molar-refractivity contribution in [1.29, 1.82) is 0 Å². The second kappa shape index (κ2) is 6.57. The molecule has 22 heavy (non-hydrogen) atoms. The molecule has 3 nitrogen and oxygen atoms in total. The van der Waals surface area contributed by atoms with Crippen LogP contribution in [0.25, 0.3) is 11.3 Å². The first-order valence-electron chi connectivity index (χ1n) is 8.36. The van der Waals surface area contributed by atoms with E-state index < -0.39 is 0 Å². The smallest absolute Gasteiger partial charge is 0.125 e. The SMILES string of the molecule is CCc1cnc(C)nc1-c1ccc([C@@H](C)N2CCCC2)cc1. The molecule has 3 rings (SSSR count). The lowest BCUT2D eigenvalue weighted by Crippen LogP contribution is -2.23. The van der Waals surface area contributed by atoms with Gasteiger partial charge in [0.1, 0.15) is 5.82 Å². The Morgan fingerprint density at radius 3 is 2.45 bits per heavy atom. The van der Waals surface area contributed by atoms with Crippen molar-refractivity contribution in [2.75, 3.05) is 13.1 Å². The van der Waals surface area contributed by atoms with Crippen molar-refractivity contribution < 1.29 is 0 Å². The first kappa shape index (κ1) is 15.2. The molecule has 116 valence electrons. The molecular weight excluding hydrogens is 270 g/mol. The molecule has 0 radical (unpaired) electrons. The number of nitrogens with zero attached hydrogens (tertiary/aromatic N) is 3. The highest BCUT2D eigenvalue weighted by Gasteiger charge is 2.19. The molecule has 1 aliphatic rings. The second-order valence-corrected chi connectivity index (χ2v) is 6.19. The molecule has 2 heterocycles. The third-order valence-electron chi connectivity index (χ3n) is 4.72. The lowest BCUT2D eigenvalue weighted by Gasteiger charge is -2.24. The fourth-order valence-electron chi connectivity index (χ4n) is 3.26. The van der Waals surface area contributed by atoms with Crippen molar-refractivity contribution in [3.05, 3.63) is 47.4 Å². The van der Waals surface area contributed by atoms with Crippen LogP contribution in [-0.4, -0.2) is 28.0 Å². The number of aromatic nitrogens is 2. The Morgan fingerprint density at radius 1 is 1.14 bits per heavy atom. The normalized spacial score (nSPS) is 16.9. The quantitative estimate of drug-likeness (QED) is 0.847. The lowest BCUT2D eigenvalue weighted by atomic mass is 10.0. The molecule has 1 aliphatic heterocycles. The molecule has 1 saturated heterocycles. The summed E-state index contributed by atoms with van der Waals surface area (Å²) in [5, 5.41) is 0. The van der Waals surface area contributed by atoms with E-state index in [9.17, 15) is 0 Å². The standard InChI is InChI=1S/C19H25N3/c1-4-16-13-20-15(3)21-19(16)18-9-7-17(8-10-18)14(2)22-11-5-6-12-22/h7-10,13-14H,4-6,11-12H2,1-3H3/t14-/m1/s1. The summed E-state index contributed by atoms with van der Waals surface area (Å²) in [4.78, 5) is 11.5. The van der Waals surface area contributed by atoms with Gasteiger partial charge in [0.25, 0.3) is 0 Å². The Bertz CT molecular complexity index is 628. The van der Waals surface area contributed by atoms with E-state index in [1.165, 1.54) is 42.6 Å². The van der Waals surface area contributed by atoms with E-state index in [4.69, 9.17) is 0 Å². The van der Waals surface area contributed by atoms with Crippen LogP contribution < -0.4 is 0 Å². The molecule has 0 aliphatic carbocycles. The van der Waals surface area contributed by atoms with Crippen LogP contribution in [0.15, 0.2) is 30.5 Å². The summed E-state index contributed by atoms with van der Waals surface area (Å²) < 4.78 is 0. The Balaban J connectivity index is 1.86. The molecule has 2 aromatic rings.